The van der Waals surface area contributed by atoms with E-state index >= 15 is 0 Å². The maximum atomic E-state index is 13.0. The molecule has 26 heavy (non-hydrogen) atoms. The van der Waals surface area contributed by atoms with E-state index in [1.54, 1.807) is 12.4 Å². The van der Waals surface area contributed by atoms with Crippen molar-refractivity contribution in [1.29, 1.82) is 0 Å². The molecule has 2 saturated heterocycles. The van der Waals surface area contributed by atoms with Crippen LogP contribution < -0.4 is 0 Å². The quantitative estimate of drug-likeness (QED) is 0.902. The monoisotopic (exact) mass is 353 g/mol. The van der Waals surface area contributed by atoms with Crippen LogP contribution in [-0.4, -0.2) is 64.1 Å². The summed E-state index contributed by atoms with van der Waals surface area (Å²) in [4.78, 5) is 21.4. The smallest absolute Gasteiger partial charge is 0.271 e. The first kappa shape index (κ1) is 17.2. The number of piperidine rings is 1. The van der Waals surface area contributed by atoms with Crippen molar-refractivity contribution in [1.82, 2.24) is 25.0 Å². The third-order valence-electron chi connectivity index (χ3n) is 6.17. The number of nitrogens with zero attached hydrogens (tertiary/aromatic N) is 4. The van der Waals surface area contributed by atoms with Gasteiger partial charge in [0.2, 0.25) is 0 Å². The number of hydrogen-bond donors (Lipinski definition) is 1. The summed E-state index contributed by atoms with van der Waals surface area (Å²) in [5.74, 6) is 0.0720. The summed E-state index contributed by atoms with van der Waals surface area (Å²) < 4.78 is 0. The Labute approximate surface area is 154 Å². The van der Waals surface area contributed by atoms with Gasteiger partial charge in [0.15, 0.2) is 0 Å². The van der Waals surface area contributed by atoms with Crippen molar-refractivity contribution in [3.05, 3.63) is 36.3 Å². The molecule has 0 aromatic carbocycles. The molecule has 4 heterocycles. The van der Waals surface area contributed by atoms with Crippen molar-refractivity contribution in [2.24, 2.45) is 5.41 Å². The first-order chi connectivity index (χ1) is 12.7. The van der Waals surface area contributed by atoms with Crippen molar-refractivity contribution in [2.45, 2.75) is 32.1 Å². The van der Waals surface area contributed by atoms with Crippen molar-refractivity contribution in [3.63, 3.8) is 0 Å². The van der Waals surface area contributed by atoms with Gasteiger partial charge in [0.05, 0.1) is 5.69 Å². The number of nitrogens with one attached hydrogen (secondary N) is 1. The molecule has 0 saturated carbocycles. The zero-order valence-corrected chi connectivity index (χ0v) is 15.4. The number of hydrogen-bond acceptors (Lipinski definition) is 4. The Morgan fingerprint density at radius 2 is 1.81 bits per heavy atom. The minimum atomic E-state index is 0.0720. The molecular weight excluding hydrogens is 326 g/mol. The summed E-state index contributed by atoms with van der Waals surface area (Å²) in [6.45, 7) is 4.07. The third kappa shape index (κ3) is 3.51. The minimum absolute atomic E-state index is 0.0720. The predicted molar refractivity (Wildman–Crippen MR) is 101 cm³/mol. The maximum Gasteiger partial charge on any atom is 0.271 e. The van der Waals surface area contributed by atoms with Crippen LogP contribution in [0.15, 0.2) is 30.6 Å². The zero-order valence-electron chi connectivity index (χ0n) is 15.4. The highest BCUT2D eigenvalue weighted by molar-refractivity contribution is 5.93. The summed E-state index contributed by atoms with van der Waals surface area (Å²) in [6, 6.07) is 5.66. The highest BCUT2D eigenvalue weighted by Crippen LogP contribution is 2.41. The van der Waals surface area contributed by atoms with Crippen molar-refractivity contribution >= 4 is 5.91 Å². The lowest BCUT2D eigenvalue weighted by molar-refractivity contribution is 0.0728. The van der Waals surface area contributed by atoms with Crippen molar-refractivity contribution in [3.8, 4) is 11.3 Å². The second-order valence-electron chi connectivity index (χ2n) is 7.85. The van der Waals surface area contributed by atoms with Crippen LogP contribution in [-0.2, 0) is 0 Å². The van der Waals surface area contributed by atoms with Gasteiger partial charge in [0, 0.05) is 31.0 Å². The molecule has 4 rings (SSSR count). The van der Waals surface area contributed by atoms with Crippen LogP contribution in [0.2, 0.25) is 0 Å². The fourth-order valence-corrected chi connectivity index (χ4v) is 4.32. The van der Waals surface area contributed by atoms with Gasteiger partial charge in [-0.1, -0.05) is 0 Å². The summed E-state index contributed by atoms with van der Waals surface area (Å²) >= 11 is 0. The van der Waals surface area contributed by atoms with E-state index in [4.69, 9.17) is 0 Å². The van der Waals surface area contributed by atoms with Crippen molar-refractivity contribution < 1.29 is 4.79 Å². The highest BCUT2D eigenvalue weighted by Gasteiger charge is 2.36. The molecular formula is C20H27N5O. The molecule has 2 fully saturated rings. The van der Waals surface area contributed by atoms with Gasteiger partial charge in [-0.2, -0.15) is 5.10 Å². The Morgan fingerprint density at radius 3 is 2.58 bits per heavy atom. The van der Waals surface area contributed by atoms with Crippen LogP contribution in [0.3, 0.4) is 0 Å². The van der Waals surface area contributed by atoms with E-state index in [9.17, 15) is 4.79 Å². The molecule has 1 amide bonds. The molecule has 1 spiro atoms. The predicted octanol–water partition coefficient (Wildman–Crippen LogP) is 2.81. The standard InChI is InChI=1S/C20H27N5O/c1-24-12-6-20(7-13-24)5-2-11-25(14-8-20)19(26)18-15-17(22-23-18)16-3-9-21-10-4-16/h3-4,9-10,15H,2,5-8,11-14H2,1H3,(H,22,23). The highest BCUT2D eigenvalue weighted by atomic mass is 16.2. The number of amides is 1. The molecule has 1 N–H and O–H groups in total. The third-order valence-corrected chi connectivity index (χ3v) is 6.17. The van der Waals surface area contributed by atoms with Gasteiger partial charge < -0.3 is 9.80 Å². The van der Waals surface area contributed by atoms with E-state index in [0.717, 1.165) is 37.2 Å². The lowest BCUT2D eigenvalue weighted by atomic mass is 9.73. The number of aromatic nitrogens is 3. The summed E-state index contributed by atoms with van der Waals surface area (Å²) in [7, 11) is 2.21. The van der Waals surface area contributed by atoms with Crippen LogP contribution in [0, 0.1) is 5.41 Å². The molecule has 2 aliphatic rings. The molecule has 6 heteroatoms. The Hall–Kier alpha value is -2.21. The normalized spacial score (nSPS) is 20.9. The zero-order chi connectivity index (χ0) is 18.0. The SMILES string of the molecule is CN1CCC2(CCCN(C(=O)c3cc(-c4ccncc4)n[nH]3)CC2)CC1. The lowest BCUT2D eigenvalue weighted by Gasteiger charge is -2.40. The fourth-order valence-electron chi connectivity index (χ4n) is 4.32. The molecule has 0 aliphatic carbocycles. The average Bonchev–Trinajstić information content (AvgIpc) is 3.08. The molecule has 2 aromatic rings. The average molecular weight is 353 g/mol. The van der Waals surface area contributed by atoms with Crippen LogP contribution in [0.4, 0.5) is 0 Å². The number of carbonyl (C=O) groups excluding carboxylic acids is 1. The topological polar surface area (TPSA) is 65.1 Å². The van der Waals surface area contributed by atoms with Crippen molar-refractivity contribution in [2.75, 3.05) is 33.2 Å². The molecule has 138 valence electrons. The summed E-state index contributed by atoms with van der Waals surface area (Å²) in [5.41, 5.74) is 2.78. The molecule has 2 aliphatic heterocycles. The molecule has 0 unspecified atom stereocenters. The number of carbonyl (C=O) groups is 1. The number of pyridine rings is 1. The largest absolute Gasteiger partial charge is 0.337 e. The van der Waals surface area contributed by atoms with E-state index in [-0.39, 0.29) is 5.91 Å². The number of rotatable bonds is 2. The Kier molecular flexibility index (Phi) is 4.76. The van der Waals surface area contributed by atoms with E-state index in [2.05, 4.69) is 27.1 Å². The van der Waals surface area contributed by atoms with Crippen LogP contribution >= 0.6 is 0 Å². The van der Waals surface area contributed by atoms with Gasteiger partial charge in [-0.15, -0.1) is 0 Å². The molecule has 0 radical (unpaired) electrons. The maximum absolute atomic E-state index is 13.0. The second kappa shape index (κ2) is 7.19. The van der Waals surface area contributed by atoms with Gasteiger partial charge in [0.1, 0.15) is 5.69 Å². The second-order valence-corrected chi connectivity index (χ2v) is 7.85. The van der Waals surface area contributed by atoms with E-state index in [0.29, 0.717) is 11.1 Å². The fraction of sp³-hybridized carbons (Fsp3) is 0.550. The van der Waals surface area contributed by atoms with Crippen LogP contribution in [0.1, 0.15) is 42.6 Å². The first-order valence-corrected chi connectivity index (χ1v) is 9.59. The van der Waals surface area contributed by atoms with E-state index < -0.39 is 0 Å². The molecule has 0 atom stereocenters. The van der Waals surface area contributed by atoms with Crippen LogP contribution in [0.25, 0.3) is 11.3 Å². The number of H-pyrrole nitrogens is 1. The first-order valence-electron chi connectivity index (χ1n) is 9.59. The summed E-state index contributed by atoms with van der Waals surface area (Å²) in [6.07, 6.45) is 9.47. The van der Waals surface area contributed by atoms with Crippen LogP contribution in [0.5, 0.6) is 0 Å². The molecule has 0 bridgehead atoms. The van der Waals surface area contributed by atoms with Gasteiger partial charge >= 0.3 is 0 Å². The lowest BCUT2D eigenvalue weighted by Crippen LogP contribution is -2.39. The summed E-state index contributed by atoms with van der Waals surface area (Å²) in [5, 5.41) is 7.24. The Morgan fingerprint density at radius 1 is 1.08 bits per heavy atom. The van der Waals surface area contributed by atoms with E-state index in [1.807, 2.05) is 23.1 Å². The molecule has 6 nitrogen and oxygen atoms in total. The van der Waals surface area contributed by atoms with Gasteiger partial charge in [-0.3, -0.25) is 14.9 Å². The number of likely N-dealkylation sites (tertiary alicyclic amines) is 2. The molecule has 2 aromatic heterocycles. The van der Waals surface area contributed by atoms with Gasteiger partial charge in [0.25, 0.3) is 5.91 Å². The van der Waals surface area contributed by atoms with Gasteiger partial charge in [-0.25, -0.2) is 0 Å². The van der Waals surface area contributed by atoms with Gasteiger partial charge in [-0.05, 0) is 75.9 Å². The number of aromatic amines is 1. The Bertz CT molecular complexity index is 749. The Balaban J connectivity index is 1.43. The van der Waals surface area contributed by atoms with E-state index in [1.165, 1.54) is 32.4 Å². The minimum Gasteiger partial charge on any atom is -0.337 e.